The van der Waals surface area contributed by atoms with Gasteiger partial charge in [-0.1, -0.05) is 0 Å². The SMILES string of the molecule is Cn1cc([C@@H](C(=O)Nc2ccc3oc(C4CC4)nc3c2)N2CCOCC2)cn1. The van der Waals surface area contributed by atoms with E-state index in [-0.39, 0.29) is 5.91 Å². The fourth-order valence-corrected chi connectivity index (χ4v) is 3.68. The molecule has 0 radical (unpaired) electrons. The summed E-state index contributed by atoms with van der Waals surface area (Å²) in [7, 11) is 1.85. The predicted octanol–water partition coefficient (Wildman–Crippen LogP) is 2.45. The maximum atomic E-state index is 13.2. The van der Waals surface area contributed by atoms with Gasteiger partial charge in [0.2, 0.25) is 5.91 Å². The Morgan fingerprint density at radius 1 is 1.29 bits per heavy atom. The highest BCUT2D eigenvalue weighted by Gasteiger charge is 2.31. The summed E-state index contributed by atoms with van der Waals surface area (Å²) in [5, 5.41) is 7.30. The van der Waals surface area contributed by atoms with Crippen LogP contribution in [0.1, 0.15) is 36.3 Å². The number of rotatable bonds is 5. The molecule has 1 saturated heterocycles. The van der Waals surface area contributed by atoms with E-state index < -0.39 is 6.04 Å². The first-order chi connectivity index (χ1) is 13.7. The third-order valence-electron chi connectivity index (χ3n) is 5.30. The number of ether oxygens (including phenoxy) is 1. The van der Waals surface area contributed by atoms with Gasteiger partial charge in [0.05, 0.1) is 19.4 Å². The van der Waals surface area contributed by atoms with Crippen LogP contribution in [-0.2, 0) is 16.6 Å². The third kappa shape index (κ3) is 3.41. The van der Waals surface area contributed by atoms with Crippen molar-refractivity contribution in [1.82, 2.24) is 19.7 Å². The molecule has 0 unspecified atom stereocenters. The summed E-state index contributed by atoms with van der Waals surface area (Å²) in [6, 6.07) is 5.20. The largest absolute Gasteiger partial charge is 0.440 e. The number of nitrogens with one attached hydrogen (secondary N) is 1. The number of amides is 1. The first kappa shape index (κ1) is 17.4. The van der Waals surface area contributed by atoms with E-state index in [9.17, 15) is 4.79 Å². The van der Waals surface area contributed by atoms with Gasteiger partial charge < -0.3 is 14.5 Å². The number of hydrogen-bond acceptors (Lipinski definition) is 6. The van der Waals surface area contributed by atoms with E-state index in [2.05, 4.69) is 20.3 Å². The molecule has 0 spiro atoms. The minimum absolute atomic E-state index is 0.0832. The molecule has 1 aliphatic carbocycles. The zero-order valence-electron chi connectivity index (χ0n) is 15.8. The van der Waals surface area contributed by atoms with Gasteiger partial charge >= 0.3 is 0 Å². The Balaban J connectivity index is 1.39. The Bertz CT molecular complexity index is 1000. The molecule has 1 N–H and O–H groups in total. The molecule has 28 heavy (non-hydrogen) atoms. The number of aryl methyl sites for hydroxylation is 1. The van der Waals surface area contributed by atoms with Crippen molar-refractivity contribution >= 4 is 22.7 Å². The molecule has 1 aliphatic heterocycles. The fraction of sp³-hybridized carbons (Fsp3) is 0.450. The van der Waals surface area contributed by atoms with Crippen LogP contribution in [-0.4, -0.2) is 51.9 Å². The minimum atomic E-state index is -0.410. The summed E-state index contributed by atoms with van der Waals surface area (Å²) in [5.74, 6) is 1.18. The van der Waals surface area contributed by atoms with Crippen molar-refractivity contribution in [2.45, 2.75) is 24.8 Å². The van der Waals surface area contributed by atoms with Gasteiger partial charge in [-0.25, -0.2) is 4.98 Å². The first-order valence-corrected chi connectivity index (χ1v) is 9.69. The summed E-state index contributed by atoms with van der Waals surface area (Å²) in [5.41, 5.74) is 3.14. The number of anilines is 1. The number of carbonyl (C=O) groups excluding carboxylic acids is 1. The van der Waals surface area contributed by atoms with Gasteiger partial charge in [-0.05, 0) is 31.0 Å². The lowest BCUT2D eigenvalue weighted by atomic mass is 10.1. The highest BCUT2D eigenvalue weighted by Crippen LogP contribution is 2.40. The molecule has 1 amide bonds. The molecular formula is C20H23N5O3. The van der Waals surface area contributed by atoms with Crippen molar-refractivity contribution in [2.24, 2.45) is 7.05 Å². The van der Waals surface area contributed by atoms with Crippen LogP contribution in [0.5, 0.6) is 0 Å². The molecule has 2 aromatic heterocycles. The average molecular weight is 381 g/mol. The zero-order valence-corrected chi connectivity index (χ0v) is 15.8. The van der Waals surface area contributed by atoms with Crippen molar-refractivity contribution in [1.29, 1.82) is 0 Å². The van der Waals surface area contributed by atoms with E-state index in [1.807, 2.05) is 31.4 Å². The maximum absolute atomic E-state index is 13.2. The molecule has 8 heteroatoms. The molecule has 2 aliphatic rings. The van der Waals surface area contributed by atoms with Gasteiger partial charge in [-0.15, -0.1) is 0 Å². The molecule has 2 fully saturated rings. The summed E-state index contributed by atoms with van der Waals surface area (Å²) in [6.07, 6.45) is 5.93. The van der Waals surface area contributed by atoms with Crippen molar-refractivity contribution in [3.63, 3.8) is 0 Å². The number of fused-ring (bicyclic) bond motifs is 1. The van der Waals surface area contributed by atoms with Crippen LogP contribution in [0.4, 0.5) is 5.69 Å². The summed E-state index contributed by atoms with van der Waals surface area (Å²) < 4.78 is 13.0. The fourth-order valence-electron chi connectivity index (χ4n) is 3.68. The number of morpholine rings is 1. The van der Waals surface area contributed by atoms with Crippen LogP contribution < -0.4 is 5.32 Å². The molecule has 1 saturated carbocycles. The predicted molar refractivity (Wildman–Crippen MR) is 103 cm³/mol. The van der Waals surface area contributed by atoms with Crippen molar-refractivity contribution < 1.29 is 13.9 Å². The molecule has 3 aromatic rings. The van der Waals surface area contributed by atoms with Crippen molar-refractivity contribution in [3.8, 4) is 0 Å². The van der Waals surface area contributed by atoms with Crippen LogP contribution in [0.25, 0.3) is 11.1 Å². The van der Waals surface area contributed by atoms with Crippen LogP contribution >= 0.6 is 0 Å². The standard InChI is InChI=1S/C20H23N5O3/c1-24-12-14(11-21-24)18(25-6-8-27-9-7-25)19(26)22-15-4-5-17-16(10-15)23-20(28-17)13-2-3-13/h4-5,10-13,18H,2-3,6-9H2,1H3,(H,22,26)/t18-/m0/s1. The van der Waals surface area contributed by atoms with Crippen LogP contribution in [0.15, 0.2) is 35.0 Å². The van der Waals surface area contributed by atoms with E-state index in [1.54, 1.807) is 10.9 Å². The Hall–Kier alpha value is -2.71. The minimum Gasteiger partial charge on any atom is -0.440 e. The number of aromatic nitrogens is 3. The van der Waals surface area contributed by atoms with Crippen LogP contribution in [0.2, 0.25) is 0 Å². The molecule has 1 aromatic carbocycles. The lowest BCUT2D eigenvalue weighted by Gasteiger charge is -2.33. The Kier molecular flexibility index (Phi) is 4.37. The highest BCUT2D eigenvalue weighted by molar-refractivity contribution is 5.96. The van der Waals surface area contributed by atoms with E-state index >= 15 is 0 Å². The van der Waals surface area contributed by atoms with Crippen molar-refractivity contribution in [3.05, 3.63) is 42.0 Å². The Morgan fingerprint density at radius 2 is 2.11 bits per heavy atom. The lowest BCUT2D eigenvalue weighted by molar-refractivity contribution is -0.123. The van der Waals surface area contributed by atoms with Crippen LogP contribution in [0.3, 0.4) is 0 Å². The first-order valence-electron chi connectivity index (χ1n) is 9.69. The monoisotopic (exact) mass is 381 g/mol. The molecule has 3 heterocycles. The van der Waals surface area contributed by atoms with E-state index in [0.717, 1.165) is 41.1 Å². The van der Waals surface area contributed by atoms with Gasteiger partial charge in [0.25, 0.3) is 0 Å². The van der Waals surface area contributed by atoms with E-state index in [1.165, 1.54) is 0 Å². The highest BCUT2D eigenvalue weighted by atomic mass is 16.5. The lowest BCUT2D eigenvalue weighted by Crippen LogP contribution is -2.43. The van der Waals surface area contributed by atoms with Crippen molar-refractivity contribution in [2.75, 3.05) is 31.6 Å². The molecule has 8 nitrogen and oxygen atoms in total. The second-order valence-corrected chi connectivity index (χ2v) is 7.50. The normalized spacial score (nSPS) is 19.0. The second-order valence-electron chi connectivity index (χ2n) is 7.50. The van der Waals surface area contributed by atoms with Gasteiger partial charge in [-0.3, -0.25) is 14.4 Å². The topological polar surface area (TPSA) is 85.4 Å². The zero-order chi connectivity index (χ0) is 19.1. The molecule has 0 bridgehead atoms. The molecule has 1 atom stereocenters. The summed E-state index contributed by atoms with van der Waals surface area (Å²) in [4.78, 5) is 19.9. The van der Waals surface area contributed by atoms with Gasteiger partial charge in [0, 0.05) is 43.5 Å². The number of oxazole rings is 1. The molecule has 146 valence electrons. The average Bonchev–Trinajstić information content (AvgIpc) is 3.33. The second kappa shape index (κ2) is 7.03. The molecular weight excluding hydrogens is 358 g/mol. The Morgan fingerprint density at radius 3 is 2.82 bits per heavy atom. The maximum Gasteiger partial charge on any atom is 0.246 e. The smallest absolute Gasteiger partial charge is 0.246 e. The van der Waals surface area contributed by atoms with E-state index in [4.69, 9.17) is 9.15 Å². The Labute approximate surface area is 162 Å². The van der Waals surface area contributed by atoms with Gasteiger partial charge in [0.1, 0.15) is 11.6 Å². The number of hydrogen-bond donors (Lipinski definition) is 1. The summed E-state index contributed by atoms with van der Waals surface area (Å²) in [6.45, 7) is 2.66. The van der Waals surface area contributed by atoms with Gasteiger partial charge in [0.15, 0.2) is 11.5 Å². The number of benzene rings is 1. The summed E-state index contributed by atoms with van der Waals surface area (Å²) >= 11 is 0. The van der Waals surface area contributed by atoms with Gasteiger partial charge in [-0.2, -0.15) is 5.10 Å². The van der Waals surface area contributed by atoms with Crippen LogP contribution in [0, 0.1) is 0 Å². The third-order valence-corrected chi connectivity index (χ3v) is 5.30. The quantitative estimate of drug-likeness (QED) is 0.731. The number of carbonyl (C=O) groups is 1. The van der Waals surface area contributed by atoms with E-state index in [0.29, 0.717) is 32.2 Å². The molecule has 5 rings (SSSR count). The number of nitrogens with zero attached hydrogens (tertiary/aromatic N) is 4.